The number of ether oxygens (including phenoxy) is 1. The van der Waals surface area contributed by atoms with Crippen molar-refractivity contribution >= 4 is 34.6 Å². The summed E-state index contributed by atoms with van der Waals surface area (Å²) in [7, 11) is 1.55. The Morgan fingerprint density at radius 3 is 2.64 bits per heavy atom. The summed E-state index contributed by atoms with van der Waals surface area (Å²) in [5, 5.41) is 0.795. The molecule has 0 bridgehead atoms. The zero-order chi connectivity index (χ0) is 20.4. The molecule has 148 valence electrons. The van der Waals surface area contributed by atoms with Crippen LogP contribution >= 0.6 is 0 Å². The highest BCUT2D eigenvalue weighted by Crippen LogP contribution is 2.24. The summed E-state index contributed by atoms with van der Waals surface area (Å²) in [5.41, 5.74) is 2.10. The second-order valence-electron chi connectivity index (χ2n) is 6.95. The number of carbonyl (C=O) groups excluding carboxylic acids is 4. The molecule has 1 aromatic heterocycles. The molecule has 1 aromatic carbocycles. The summed E-state index contributed by atoms with van der Waals surface area (Å²) in [5.74, 6) is -1.08. The first-order chi connectivity index (χ1) is 13.3. The zero-order valence-corrected chi connectivity index (χ0v) is 16.2. The van der Waals surface area contributed by atoms with Gasteiger partial charge in [0.05, 0.1) is 0 Å². The minimum absolute atomic E-state index is 0.0191. The van der Waals surface area contributed by atoms with Crippen molar-refractivity contribution in [2.45, 2.75) is 32.8 Å². The number of urea groups is 1. The normalized spacial score (nSPS) is 15.4. The fraction of sp³-hybridized carbons (Fsp3) is 0.400. The van der Waals surface area contributed by atoms with E-state index >= 15 is 0 Å². The van der Waals surface area contributed by atoms with Gasteiger partial charge >= 0.3 is 12.0 Å². The van der Waals surface area contributed by atoms with Crippen LogP contribution in [-0.2, 0) is 14.3 Å². The molecule has 2 aromatic rings. The number of aryl methyl sites for hydroxylation is 1. The van der Waals surface area contributed by atoms with E-state index in [1.165, 1.54) is 4.90 Å². The number of para-hydroxylation sites is 1. The quantitative estimate of drug-likeness (QED) is 0.448. The minimum Gasteiger partial charge on any atom is -0.454 e. The summed E-state index contributed by atoms with van der Waals surface area (Å²) in [6.07, 6.45) is -0.616. The van der Waals surface area contributed by atoms with E-state index in [2.05, 4.69) is 4.98 Å². The maximum Gasteiger partial charge on any atom is 0.326 e. The Hall–Kier alpha value is -3.16. The molecule has 1 fully saturated rings. The monoisotopic (exact) mass is 385 g/mol. The number of esters is 1. The number of Topliss-reactive ketones (excluding diaryl/α,β-unsaturated/α-hetero) is 1. The van der Waals surface area contributed by atoms with Gasteiger partial charge in [0.25, 0.3) is 0 Å². The van der Waals surface area contributed by atoms with Crippen LogP contribution < -0.4 is 0 Å². The lowest BCUT2D eigenvalue weighted by Crippen LogP contribution is -2.33. The van der Waals surface area contributed by atoms with E-state index in [1.807, 2.05) is 31.2 Å². The Bertz CT molecular complexity index is 948. The number of ketones is 1. The number of fused-ring (bicyclic) bond motifs is 1. The van der Waals surface area contributed by atoms with Gasteiger partial charge in [0.1, 0.15) is 6.54 Å². The number of hydrogen-bond donors (Lipinski definition) is 1. The summed E-state index contributed by atoms with van der Waals surface area (Å²) in [6.45, 7) is 3.56. The van der Waals surface area contributed by atoms with E-state index in [1.54, 1.807) is 14.0 Å². The number of nitrogens with zero attached hydrogens (tertiary/aromatic N) is 2. The Balaban J connectivity index is 1.55. The number of amides is 3. The number of aromatic nitrogens is 1. The lowest BCUT2D eigenvalue weighted by Gasteiger charge is -2.15. The molecule has 28 heavy (non-hydrogen) atoms. The number of likely N-dealkylation sites (N-methyl/N-ethyl adjacent to an activating group) is 1. The second-order valence-corrected chi connectivity index (χ2v) is 6.95. The SMILES string of the molecule is Cc1[nH]c2ccccc2c1C(=O)[C@H](C)OC(=O)CCCN1C(=O)CN(C)C1=O. The largest absolute Gasteiger partial charge is 0.454 e. The van der Waals surface area contributed by atoms with Crippen LogP contribution in [0.1, 0.15) is 35.8 Å². The van der Waals surface area contributed by atoms with Crippen molar-refractivity contribution in [3.8, 4) is 0 Å². The highest BCUT2D eigenvalue weighted by atomic mass is 16.5. The lowest BCUT2D eigenvalue weighted by molar-refractivity contribution is -0.146. The van der Waals surface area contributed by atoms with Crippen molar-refractivity contribution in [1.29, 1.82) is 0 Å². The zero-order valence-electron chi connectivity index (χ0n) is 16.2. The van der Waals surface area contributed by atoms with Crippen LogP contribution in [0.25, 0.3) is 10.9 Å². The molecule has 8 heteroatoms. The van der Waals surface area contributed by atoms with Crippen LogP contribution in [0, 0.1) is 6.92 Å². The maximum atomic E-state index is 12.8. The van der Waals surface area contributed by atoms with Gasteiger partial charge in [-0.1, -0.05) is 18.2 Å². The first-order valence-electron chi connectivity index (χ1n) is 9.16. The van der Waals surface area contributed by atoms with Crippen LogP contribution in [0.15, 0.2) is 24.3 Å². The van der Waals surface area contributed by atoms with E-state index in [-0.39, 0.29) is 43.7 Å². The summed E-state index contributed by atoms with van der Waals surface area (Å²) < 4.78 is 5.28. The number of nitrogens with one attached hydrogen (secondary N) is 1. The molecule has 1 saturated heterocycles. The molecule has 0 aliphatic carbocycles. The number of aromatic amines is 1. The molecule has 0 spiro atoms. The average Bonchev–Trinajstić information content (AvgIpc) is 3.10. The Morgan fingerprint density at radius 1 is 1.25 bits per heavy atom. The van der Waals surface area contributed by atoms with Gasteiger partial charge in [0, 0.05) is 42.2 Å². The summed E-state index contributed by atoms with van der Waals surface area (Å²) >= 11 is 0. The number of H-pyrrole nitrogens is 1. The smallest absolute Gasteiger partial charge is 0.326 e. The van der Waals surface area contributed by atoms with E-state index in [0.717, 1.165) is 21.5 Å². The number of benzene rings is 1. The van der Waals surface area contributed by atoms with Gasteiger partial charge in [0.15, 0.2) is 6.10 Å². The Labute approximate surface area is 162 Å². The Morgan fingerprint density at radius 2 is 1.96 bits per heavy atom. The molecule has 8 nitrogen and oxygen atoms in total. The van der Waals surface area contributed by atoms with Crippen molar-refractivity contribution in [3.63, 3.8) is 0 Å². The third-order valence-electron chi connectivity index (χ3n) is 4.81. The molecular formula is C20H23N3O5. The van der Waals surface area contributed by atoms with Crippen LogP contribution in [-0.4, -0.2) is 64.7 Å². The van der Waals surface area contributed by atoms with Crippen molar-refractivity contribution in [1.82, 2.24) is 14.8 Å². The molecule has 1 N–H and O–H groups in total. The molecule has 0 saturated carbocycles. The van der Waals surface area contributed by atoms with E-state index in [0.29, 0.717) is 5.56 Å². The molecule has 3 rings (SSSR count). The number of carbonyl (C=O) groups is 4. The lowest BCUT2D eigenvalue weighted by atomic mass is 10.0. The van der Waals surface area contributed by atoms with Gasteiger partial charge in [-0.15, -0.1) is 0 Å². The highest BCUT2D eigenvalue weighted by molar-refractivity contribution is 6.11. The number of hydrogen-bond acceptors (Lipinski definition) is 5. The molecule has 1 aliphatic heterocycles. The van der Waals surface area contributed by atoms with E-state index in [4.69, 9.17) is 4.74 Å². The average molecular weight is 385 g/mol. The van der Waals surface area contributed by atoms with Crippen molar-refractivity contribution in [2.75, 3.05) is 20.1 Å². The first-order valence-corrected chi connectivity index (χ1v) is 9.16. The summed E-state index contributed by atoms with van der Waals surface area (Å²) in [6, 6.07) is 7.10. The van der Waals surface area contributed by atoms with Crippen LogP contribution in [0.5, 0.6) is 0 Å². The van der Waals surface area contributed by atoms with Crippen LogP contribution in [0.4, 0.5) is 4.79 Å². The fourth-order valence-electron chi connectivity index (χ4n) is 3.38. The molecule has 3 amide bonds. The Kier molecular flexibility index (Phi) is 5.48. The van der Waals surface area contributed by atoms with Gasteiger partial charge in [-0.25, -0.2) is 4.79 Å². The van der Waals surface area contributed by atoms with Crippen molar-refractivity contribution < 1.29 is 23.9 Å². The molecular weight excluding hydrogens is 362 g/mol. The number of rotatable bonds is 7. The summed E-state index contributed by atoms with van der Waals surface area (Å²) in [4.78, 5) is 54.0. The molecule has 1 atom stereocenters. The van der Waals surface area contributed by atoms with Crippen molar-refractivity contribution in [2.24, 2.45) is 0 Å². The van der Waals surface area contributed by atoms with E-state index in [9.17, 15) is 19.2 Å². The van der Waals surface area contributed by atoms with Crippen LogP contribution in [0.2, 0.25) is 0 Å². The van der Waals surface area contributed by atoms with Gasteiger partial charge in [0.2, 0.25) is 11.7 Å². The predicted octanol–water partition coefficient (Wildman–Crippen LogP) is 2.26. The highest BCUT2D eigenvalue weighted by Gasteiger charge is 2.33. The van der Waals surface area contributed by atoms with Gasteiger partial charge in [-0.3, -0.25) is 19.3 Å². The first kappa shape index (κ1) is 19.6. The molecule has 2 heterocycles. The molecule has 0 unspecified atom stereocenters. The number of imide groups is 1. The topological polar surface area (TPSA) is 99.8 Å². The van der Waals surface area contributed by atoms with Gasteiger partial charge in [-0.2, -0.15) is 0 Å². The van der Waals surface area contributed by atoms with E-state index < -0.39 is 12.1 Å². The van der Waals surface area contributed by atoms with Crippen molar-refractivity contribution in [3.05, 3.63) is 35.5 Å². The van der Waals surface area contributed by atoms with Gasteiger partial charge in [-0.05, 0) is 26.3 Å². The maximum absolute atomic E-state index is 12.8. The predicted molar refractivity (Wildman–Crippen MR) is 102 cm³/mol. The standard InChI is InChI=1S/C20H23N3O5/c1-12-18(14-7-4-5-8-15(14)21-12)19(26)13(2)28-17(25)9-6-10-23-16(24)11-22(3)20(23)27/h4-5,7-8,13,21H,6,9-11H2,1-3H3/t13-/m0/s1. The molecule has 0 radical (unpaired) electrons. The minimum atomic E-state index is -0.924. The third kappa shape index (κ3) is 3.76. The fourth-order valence-corrected chi connectivity index (χ4v) is 3.38. The second kappa shape index (κ2) is 7.84. The van der Waals surface area contributed by atoms with Crippen LogP contribution in [0.3, 0.4) is 0 Å². The third-order valence-corrected chi connectivity index (χ3v) is 4.81. The molecule has 1 aliphatic rings. The van der Waals surface area contributed by atoms with Gasteiger partial charge < -0.3 is 14.6 Å².